The Morgan fingerprint density at radius 2 is 1.65 bits per heavy atom. The van der Waals surface area contributed by atoms with Crippen molar-refractivity contribution in [1.82, 2.24) is 0 Å². The predicted octanol–water partition coefficient (Wildman–Crippen LogP) is 3.40. The molecule has 126 valence electrons. The molecule has 1 aromatic rings. The summed E-state index contributed by atoms with van der Waals surface area (Å²) in [6.07, 6.45) is 6.21. The Morgan fingerprint density at radius 3 is 2.22 bits per heavy atom. The van der Waals surface area contributed by atoms with E-state index in [9.17, 15) is 5.11 Å². The summed E-state index contributed by atoms with van der Waals surface area (Å²) in [6.45, 7) is 8.02. The molecule has 0 radical (unpaired) electrons. The van der Waals surface area contributed by atoms with Gasteiger partial charge in [0.25, 0.3) is 0 Å². The lowest BCUT2D eigenvalue weighted by molar-refractivity contribution is 0.00578. The summed E-state index contributed by atoms with van der Waals surface area (Å²) in [6, 6.07) is 5.42. The molecule has 0 aromatic heterocycles. The minimum absolute atomic E-state index is 0.164. The average Bonchev–Trinajstić information content (AvgIpc) is 2.68. The third-order valence-corrected chi connectivity index (χ3v) is 5.36. The van der Waals surface area contributed by atoms with Crippen molar-refractivity contribution in [2.45, 2.75) is 77.1 Å². The second-order valence-electron chi connectivity index (χ2n) is 7.69. The van der Waals surface area contributed by atoms with Crippen molar-refractivity contribution in [3.05, 3.63) is 18.2 Å². The highest BCUT2D eigenvalue weighted by atomic mass is 16.7. The topological polar surface area (TPSA) is 47.9 Å². The van der Waals surface area contributed by atoms with Crippen LogP contribution in [0.5, 0.6) is 11.5 Å². The van der Waals surface area contributed by atoms with Gasteiger partial charge in [-0.1, -0.05) is 12.5 Å². The van der Waals surface area contributed by atoms with Gasteiger partial charge in [0.05, 0.1) is 17.3 Å². The van der Waals surface area contributed by atoms with Crippen LogP contribution in [0.15, 0.2) is 18.2 Å². The van der Waals surface area contributed by atoms with E-state index in [0.717, 1.165) is 18.6 Å². The lowest BCUT2D eigenvalue weighted by Crippen LogP contribution is -2.41. The first kappa shape index (κ1) is 16.7. The highest BCUT2D eigenvalue weighted by Gasteiger charge is 2.52. The van der Waals surface area contributed by atoms with Crippen molar-refractivity contribution in [2.24, 2.45) is 0 Å². The van der Waals surface area contributed by atoms with E-state index in [2.05, 4.69) is 0 Å². The number of hydrogen-bond donors (Lipinski definition) is 1. The van der Waals surface area contributed by atoms with Gasteiger partial charge >= 0.3 is 7.12 Å². The first-order valence-corrected chi connectivity index (χ1v) is 8.64. The van der Waals surface area contributed by atoms with Gasteiger partial charge in [-0.15, -0.1) is 0 Å². The molecule has 0 atom stereocenters. The highest BCUT2D eigenvalue weighted by Crippen LogP contribution is 2.37. The van der Waals surface area contributed by atoms with Crippen LogP contribution in [0.25, 0.3) is 0 Å². The number of phenolic OH excluding ortho intramolecular Hbond substituents is 1. The van der Waals surface area contributed by atoms with E-state index in [1.807, 2.05) is 39.8 Å². The van der Waals surface area contributed by atoms with Crippen LogP contribution in [0.4, 0.5) is 0 Å². The fraction of sp³-hybridized carbons (Fsp3) is 0.667. The van der Waals surface area contributed by atoms with Crippen LogP contribution in [-0.4, -0.2) is 29.5 Å². The quantitative estimate of drug-likeness (QED) is 0.868. The fourth-order valence-electron chi connectivity index (χ4n) is 3.14. The van der Waals surface area contributed by atoms with E-state index >= 15 is 0 Å². The lowest BCUT2D eigenvalue weighted by atomic mass is 9.78. The Hall–Kier alpha value is -1.20. The summed E-state index contributed by atoms with van der Waals surface area (Å²) in [5.74, 6) is 0.881. The molecule has 1 aliphatic heterocycles. The molecule has 0 amide bonds. The van der Waals surface area contributed by atoms with Crippen LogP contribution in [0, 0.1) is 0 Å². The molecule has 1 N–H and O–H groups in total. The standard InChI is InChI=1S/C18H27BO4/c1-17(2)18(3,4)23-19(22-17)15-11-10-14(12-16(15)20)21-13-8-6-5-7-9-13/h10-13,20H,5-9H2,1-4H3. The maximum absolute atomic E-state index is 10.4. The van der Waals surface area contributed by atoms with Crippen LogP contribution >= 0.6 is 0 Å². The first-order chi connectivity index (χ1) is 10.8. The van der Waals surface area contributed by atoms with Crippen LogP contribution in [0.1, 0.15) is 59.8 Å². The molecule has 4 nitrogen and oxygen atoms in total. The number of benzene rings is 1. The van der Waals surface area contributed by atoms with E-state index in [-0.39, 0.29) is 11.9 Å². The lowest BCUT2D eigenvalue weighted by Gasteiger charge is -2.32. The Morgan fingerprint density at radius 1 is 1.04 bits per heavy atom. The van der Waals surface area contributed by atoms with Gasteiger partial charge in [-0.25, -0.2) is 0 Å². The third kappa shape index (κ3) is 3.36. The molecule has 2 aliphatic rings. The van der Waals surface area contributed by atoms with Crippen molar-refractivity contribution in [2.75, 3.05) is 0 Å². The minimum Gasteiger partial charge on any atom is -0.508 e. The second kappa shape index (κ2) is 6.02. The van der Waals surface area contributed by atoms with Crippen LogP contribution < -0.4 is 10.2 Å². The molecule has 2 fully saturated rings. The summed E-state index contributed by atoms with van der Waals surface area (Å²) in [5, 5.41) is 10.4. The molecule has 1 aliphatic carbocycles. The van der Waals surface area contributed by atoms with Crippen molar-refractivity contribution in [1.29, 1.82) is 0 Å². The van der Waals surface area contributed by atoms with E-state index in [1.54, 1.807) is 6.07 Å². The van der Waals surface area contributed by atoms with Crippen molar-refractivity contribution >= 4 is 12.6 Å². The number of phenols is 1. The second-order valence-corrected chi connectivity index (χ2v) is 7.69. The van der Waals surface area contributed by atoms with E-state index in [4.69, 9.17) is 14.0 Å². The number of hydrogen-bond acceptors (Lipinski definition) is 4. The molecule has 0 spiro atoms. The van der Waals surface area contributed by atoms with Gasteiger partial charge in [-0.3, -0.25) is 0 Å². The maximum Gasteiger partial charge on any atom is 0.498 e. The Balaban J connectivity index is 1.72. The van der Waals surface area contributed by atoms with E-state index in [1.165, 1.54) is 19.3 Å². The zero-order chi connectivity index (χ0) is 16.7. The third-order valence-electron chi connectivity index (χ3n) is 5.36. The predicted molar refractivity (Wildman–Crippen MR) is 91.3 cm³/mol. The van der Waals surface area contributed by atoms with Gasteiger partial charge in [0.1, 0.15) is 11.5 Å². The number of aromatic hydroxyl groups is 1. The van der Waals surface area contributed by atoms with Gasteiger partial charge in [0, 0.05) is 11.5 Å². The largest absolute Gasteiger partial charge is 0.508 e. The molecule has 1 saturated heterocycles. The van der Waals surface area contributed by atoms with Crippen molar-refractivity contribution in [3.8, 4) is 11.5 Å². The smallest absolute Gasteiger partial charge is 0.498 e. The SMILES string of the molecule is CC1(C)OB(c2ccc(OC3CCCCC3)cc2O)OC1(C)C. The molecule has 23 heavy (non-hydrogen) atoms. The molecule has 0 unspecified atom stereocenters. The van der Waals surface area contributed by atoms with Gasteiger partial charge < -0.3 is 19.2 Å². The Labute approximate surface area is 139 Å². The molecule has 1 aromatic carbocycles. The maximum atomic E-state index is 10.4. The van der Waals surface area contributed by atoms with Crippen LogP contribution in [0.2, 0.25) is 0 Å². The Kier molecular flexibility index (Phi) is 4.36. The van der Waals surface area contributed by atoms with Crippen LogP contribution in [0.3, 0.4) is 0 Å². The average molecular weight is 318 g/mol. The highest BCUT2D eigenvalue weighted by molar-refractivity contribution is 6.63. The minimum atomic E-state index is -0.552. The summed E-state index contributed by atoms with van der Waals surface area (Å²) >= 11 is 0. The van der Waals surface area contributed by atoms with Gasteiger partial charge in [-0.2, -0.15) is 0 Å². The summed E-state index contributed by atoms with van der Waals surface area (Å²) in [7, 11) is -0.552. The molecule has 1 heterocycles. The summed E-state index contributed by atoms with van der Waals surface area (Å²) in [4.78, 5) is 0. The Bertz CT molecular complexity index is 548. The van der Waals surface area contributed by atoms with Gasteiger partial charge in [0.15, 0.2) is 0 Å². The normalized spacial score (nSPS) is 23.9. The zero-order valence-corrected chi connectivity index (χ0v) is 14.6. The van der Waals surface area contributed by atoms with Gasteiger partial charge in [0.2, 0.25) is 0 Å². The van der Waals surface area contributed by atoms with Crippen LogP contribution in [-0.2, 0) is 9.31 Å². The molecule has 0 bridgehead atoms. The number of rotatable bonds is 3. The van der Waals surface area contributed by atoms with E-state index < -0.39 is 18.3 Å². The van der Waals surface area contributed by atoms with Crippen molar-refractivity contribution < 1.29 is 19.2 Å². The molecular weight excluding hydrogens is 291 g/mol. The molecule has 5 heteroatoms. The van der Waals surface area contributed by atoms with E-state index in [0.29, 0.717) is 5.46 Å². The van der Waals surface area contributed by atoms with Gasteiger partial charge in [-0.05, 0) is 59.4 Å². The number of ether oxygens (including phenoxy) is 1. The summed E-state index contributed by atoms with van der Waals surface area (Å²) < 4.78 is 18.0. The van der Waals surface area contributed by atoms with Crippen molar-refractivity contribution in [3.63, 3.8) is 0 Å². The summed E-state index contributed by atoms with van der Waals surface area (Å²) in [5.41, 5.74) is -0.178. The molecule has 1 saturated carbocycles. The first-order valence-electron chi connectivity index (χ1n) is 8.64. The molecule has 3 rings (SSSR count). The molecular formula is C18H27BO4. The fourth-order valence-corrected chi connectivity index (χ4v) is 3.14. The zero-order valence-electron chi connectivity index (χ0n) is 14.6. The monoisotopic (exact) mass is 318 g/mol.